The predicted octanol–water partition coefficient (Wildman–Crippen LogP) is 5.75. The van der Waals surface area contributed by atoms with E-state index in [0.29, 0.717) is 5.92 Å². The van der Waals surface area contributed by atoms with Crippen LogP contribution in [0.5, 0.6) is 0 Å². The lowest BCUT2D eigenvalue weighted by Crippen LogP contribution is -1.88. The molecule has 0 atom stereocenters. The summed E-state index contributed by atoms with van der Waals surface area (Å²) in [5.41, 5.74) is 1.15. The van der Waals surface area contributed by atoms with Gasteiger partial charge in [-0.25, -0.2) is 4.39 Å². The SMILES string of the molecule is CC(C)c1ccc(Sc2ccc(F)cc2)cc1Cl. The van der Waals surface area contributed by atoms with E-state index in [1.165, 1.54) is 12.1 Å². The highest BCUT2D eigenvalue weighted by Crippen LogP contribution is 2.33. The molecule has 2 rings (SSSR count). The first-order valence-electron chi connectivity index (χ1n) is 5.79. The van der Waals surface area contributed by atoms with E-state index in [0.717, 1.165) is 20.4 Å². The zero-order chi connectivity index (χ0) is 13.1. The van der Waals surface area contributed by atoms with Gasteiger partial charge in [0.05, 0.1) is 0 Å². The van der Waals surface area contributed by atoms with Crippen LogP contribution in [0, 0.1) is 5.82 Å². The number of rotatable bonds is 3. The van der Waals surface area contributed by atoms with Crippen LogP contribution >= 0.6 is 23.4 Å². The molecule has 0 bridgehead atoms. The van der Waals surface area contributed by atoms with Crippen molar-refractivity contribution >= 4 is 23.4 Å². The molecule has 2 aromatic rings. The van der Waals surface area contributed by atoms with Gasteiger partial charge >= 0.3 is 0 Å². The monoisotopic (exact) mass is 280 g/mol. The summed E-state index contributed by atoms with van der Waals surface area (Å²) < 4.78 is 12.8. The van der Waals surface area contributed by atoms with Crippen LogP contribution in [-0.4, -0.2) is 0 Å². The minimum Gasteiger partial charge on any atom is -0.207 e. The Morgan fingerprint density at radius 2 is 1.61 bits per heavy atom. The molecule has 0 aliphatic carbocycles. The molecule has 2 aromatic carbocycles. The summed E-state index contributed by atoms with van der Waals surface area (Å²) in [6.45, 7) is 4.24. The van der Waals surface area contributed by atoms with E-state index in [1.54, 1.807) is 23.9 Å². The van der Waals surface area contributed by atoms with Gasteiger partial charge in [-0.2, -0.15) is 0 Å². The minimum atomic E-state index is -0.215. The molecule has 0 amide bonds. The van der Waals surface area contributed by atoms with Gasteiger partial charge in [-0.05, 0) is 47.9 Å². The van der Waals surface area contributed by atoms with Gasteiger partial charge in [0.1, 0.15) is 5.82 Å². The first kappa shape index (κ1) is 13.4. The summed E-state index contributed by atoms with van der Waals surface area (Å²) in [6, 6.07) is 12.5. The Balaban J connectivity index is 2.20. The molecule has 0 saturated carbocycles. The van der Waals surface area contributed by atoms with Crippen LogP contribution in [0.15, 0.2) is 52.3 Å². The van der Waals surface area contributed by atoms with Crippen molar-refractivity contribution in [1.82, 2.24) is 0 Å². The maximum atomic E-state index is 12.8. The average Bonchev–Trinajstić information content (AvgIpc) is 2.32. The molecule has 0 nitrogen and oxygen atoms in total. The van der Waals surface area contributed by atoms with Crippen molar-refractivity contribution in [3.63, 3.8) is 0 Å². The van der Waals surface area contributed by atoms with Crippen LogP contribution in [0.4, 0.5) is 4.39 Å². The molecule has 0 aromatic heterocycles. The Bertz CT molecular complexity index is 535. The fourth-order valence-electron chi connectivity index (χ4n) is 1.68. The van der Waals surface area contributed by atoms with Crippen LogP contribution in [0.25, 0.3) is 0 Å². The second-order valence-electron chi connectivity index (χ2n) is 4.39. The standard InChI is InChI=1S/C15H14ClFS/c1-10(2)14-8-7-13(9-15(14)16)18-12-5-3-11(17)4-6-12/h3-10H,1-2H3. The summed E-state index contributed by atoms with van der Waals surface area (Å²) in [7, 11) is 0. The van der Waals surface area contributed by atoms with E-state index in [4.69, 9.17) is 11.6 Å². The number of halogens is 2. The molecule has 0 unspecified atom stereocenters. The molecular weight excluding hydrogens is 267 g/mol. The van der Waals surface area contributed by atoms with E-state index in [-0.39, 0.29) is 5.82 Å². The van der Waals surface area contributed by atoms with Crippen LogP contribution in [0.1, 0.15) is 25.3 Å². The van der Waals surface area contributed by atoms with Gasteiger partial charge in [0, 0.05) is 14.8 Å². The minimum absolute atomic E-state index is 0.215. The molecule has 0 aliphatic heterocycles. The lowest BCUT2D eigenvalue weighted by atomic mass is 10.0. The Hall–Kier alpha value is -0.990. The first-order chi connectivity index (χ1) is 8.56. The van der Waals surface area contributed by atoms with Crippen molar-refractivity contribution in [2.24, 2.45) is 0 Å². The first-order valence-corrected chi connectivity index (χ1v) is 6.98. The molecule has 18 heavy (non-hydrogen) atoms. The van der Waals surface area contributed by atoms with E-state index >= 15 is 0 Å². The molecule has 0 saturated heterocycles. The van der Waals surface area contributed by atoms with Gasteiger partial charge in [-0.1, -0.05) is 43.3 Å². The van der Waals surface area contributed by atoms with Crippen LogP contribution in [-0.2, 0) is 0 Å². The molecule has 3 heteroatoms. The molecular formula is C15H14ClFS. The largest absolute Gasteiger partial charge is 0.207 e. The number of benzene rings is 2. The molecule has 0 spiro atoms. The highest BCUT2D eigenvalue weighted by atomic mass is 35.5. The van der Waals surface area contributed by atoms with Gasteiger partial charge in [-0.3, -0.25) is 0 Å². The lowest BCUT2D eigenvalue weighted by Gasteiger charge is -2.09. The second-order valence-corrected chi connectivity index (χ2v) is 5.95. The van der Waals surface area contributed by atoms with Gasteiger partial charge in [-0.15, -0.1) is 0 Å². The molecule has 0 radical (unpaired) electrons. The quantitative estimate of drug-likeness (QED) is 0.689. The maximum Gasteiger partial charge on any atom is 0.123 e. The molecule has 0 fully saturated rings. The lowest BCUT2D eigenvalue weighted by molar-refractivity contribution is 0.626. The summed E-state index contributed by atoms with van der Waals surface area (Å²) in [5, 5.41) is 0.789. The Kier molecular flexibility index (Phi) is 4.31. The maximum absolute atomic E-state index is 12.8. The van der Waals surface area contributed by atoms with Gasteiger partial charge in [0.15, 0.2) is 0 Å². The Morgan fingerprint density at radius 3 is 2.17 bits per heavy atom. The molecule has 0 N–H and O–H groups in total. The Morgan fingerprint density at radius 1 is 1.00 bits per heavy atom. The smallest absolute Gasteiger partial charge is 0.123 e. The summed E-state index contributed by atoms with van der Waals surface area (Å²) >= 11 is 7.82. The normalized spacial score (nSPS) is 10.9. The van der Waals surface area contributed by atoms with Gasteiger partial charge < -0.3 is 0 Å². The van der Waals surface area contributed by atoms with Gasteiger partial charge in [0.25, 0.3) is 0 Å². The van der Waals surface area contributed by atoms with Crippen molar-refractivity contribution in [1.29, 1.82) is 0 Å². The fraction of sp³-hybridized carbons (Fsp3) is 0.200. The van der Waals surface area contributed by atoms with Crippen LogP contribution in [0.2, 0.25) is 5.02 Å². The summed E-state index contributed by atoms with van der Waals surface area (Å²) in [5.74, 6) is 0.204. The Labute approximate surface area is 116 Å². The fourth-order valence-corrected chi connectivity index (χ4v) is 3.00. The highest BCUT2D eigenvalue weighted by Gasteiger charge is 2.06. The van der Waals surface area contributed by atoms with E-state index in [1.807, 2.05) is 6.07 Å². The second kappa shape index (κ2) is 5.77. The zero-order valence-corrected chi connectivity index (χ0v) is 11.9. The zero-order valence-electron chi connectivity index (χ0n) is 10.3. The van der Waals surface area contributed by atoms with Gasteiger partial charge in [0.2, 0.25) is 0 Å². The molecule has 94 valence electrons. The van der Waals surface area contributed by atoms with Crippen molar-refractivity contribution < 1.29 is 4.39 Å². The third kappa shape index (κ3) is 3.27. The van der Waals surface area contributed by atoms with Crippen LogP contribution in [0.3, 0.4) is 0 Å². The van der Waals surface area contributed by atoms with E-state index < -0.39 is 0 Å². The number of hydrogen-bond acceptors (Lipinski definition) is 1. The number of hydrogen-bond donors (Lipinski definition) is 0. The molecule has 0 aliphatic rings. The predicted molar refractivity (Wildman–Crippen MR) is 76.1 cm³/mol. The third-order valence-electron chi connectivity index (χ3n) is 2.64. The highest BCUT2D eigenvalue weighted by molar-refractivity contribution is 7.99. The molecule has 0 heterocycles. The van der Waals surface area contributed by atoms with Crippen molar-refractivity contribution in [3.05, 3.63) is 58.9 Å². The van der Waals surface area contributed by atoms with Crippen LogP contribution < -0.4 is 0 Å². The topological polar surface area (TPSA) is 0 Å². The van der Waals surface area contributed by atoms with E-state index in [9.17, 15) is 4.39 Å². The van der Waals surface area contributed by atoms with E-state index in [2.05, 4.69) is 26.0 Å². The average molecular weight is 281 g/mol. The van der Waals surface area contributed by atoms with Crippen molar-refractivity contribution in [2.75, 3.05) is 0 Å². The third-order valence-corrected chi connectivity index (χ3v) is 3.97. The summed E-state index contributed by atoms with van der Waals surface area (Å²) in [4.78, 5) is 2.07. The van der Waals surface area contributed by atoms with Crippen molar-refractivity contribution in [2.45, 2.75) is 29.6 Å². The van der Waals surface area contributed by atoms with Crippen molar-refractivity contribution in [3.8, 4) is 0 Å². The summed E-state index contributed by atoms with van der Waals surface area (Å²) in [6.07, 6.45) is 0.